The third-order valence-corrected chi connectivity index (χ3v) is 8.89. The Morgan fingerprint density at radius 3 is 2.81 bits per heavy atom. The number of hydrogen-bond donors (Lipinski definition) is 5. The van der Waals surface area contributed by atoms with Gasteiger partial charge in [-0.2, -0.15) is 9.36 Å². The average Bonchev–Trinajstić information content (AvgIpc) is 3.29. The van der Waals surface area contributed by atoms with Crippen LogP contribution in [0.3, 0.4) is 0 Å². The van der Waals surface area contributed by atoms with Gasteiger partial charge in [0.15, 0.2) is 5.13 Å². The van der Waals surface area contributed by atoms with Crippen molar-refractivity contribution in [3.63, 3.8) is 0 Å². The van der Waals surface area contributed by atoms with Crippen molar-refractivity contribution in [1.82, 2.24) is 24.6 Å². The molecular formula is C18H23N11O5S3. The molecule has 16 nitrogen and oxygen atoms in total. The highest BCUT2D eigenvalue weighted by Crippen LogP contribution is 2.43. The summed E-state index contributed by atoms with van der Waals surface area (Å²) in [7, 11) is 0. The summed E-state index contributed by atoms with van der Waals surface area (Å²) in [6.07, 6.45) is 1.37. The Morgan fingerprint density at radius 2 is 2.16 bits per heavy atom. The summed E-state index contributed by atoms with van der Waals surface area (Å²) in [4.78, 5) is 52.4. The van der Waals surface area contributed by atoms with E-state index < -0.39 is 34.6 Å². The number of oxime groups is 1. The van der Waals surface area contributed by atoms with Crippen LogP contribution in [0.5, 0.6) is 0 Å². The summed E-state index contributed by atoms with van der Waals surface area (Å²) in [5.74, 6) is 3.51. The van der Waals surface area contributed by atoms with Crippen LogP contribution in [0, 0.1) is 5.41 Å². The molecule has 0 aromatic carbocycles. The van der Waals surface area contributed by atoms with Gasteiger partial charge in [0.05, 0.1) is 5.97 Å². The van der Waals surface area contributed by atoms with Gasteiger partial charge in [0.25, 0.3) is 11.7 Å². The number of carbonyl (C=O) groups is 3. The Morgan fingerprint density at radius 1 is 1.41 bits per heavy atom. The molecule has 198 valence electrons. The van der Waals surface area contributed by atoms with E-state index in [0.717, 1.165) is 28.0 Å². The zero-order valence-corrected chi connectivity index (χ0v) is 21.8. The van der Waals surface area contributed by atoms with Gasteiger partial charge in [-0.3, -0.25) is 15.4 Å². The quantitative estimate of drug-likeness (QED) is 0.0371. The zero-order valence-electron chi connectivity index (χ0n) is 19.3. The standard InChI is InChI=1S/C18H23N11O5S3/c1-2-34-26-8(11-25-16(21)37-27-11)12(30)23-9-13(31)28-4-18(15(32)33,5-35-14(9)28)6-36-17-24-10(20)7(19)3-29(17)22/h3,9,14,20H,2,4-6,19,22H2,1H3,(H4,21,23,25,27,30,32,33)/t9?,14-,18?/m1/s1. The number of carbonyl (C=O) groups excluding carboxylic acids is 3. The summed E-state index contributed by atoms with van der Waals surface area (Å²) < 4.78 is 5.11. The molecule has 0 bridgehead atoms. The van der Waals surface area contributed by atoms with Crippen molar-refractivity contribution in [1.29, 1.82) is 0 Å². The van der Waals surface area contributed by atoms with Gasteiger partial charge in [0.2, 0.25) is 17.4 Å². The minimum atomic E-state index is -1.40. The van der Waals surface area contributed by atoms with Crippen molar-refractivity contribution in [3.05, 3.63) is 12.0 Å². The Balaban J connectivity index is 1.44. The van der Waals surface area contributed by atoms with Crippen molar-refractivity contribution >= 4 is 75.2 Å². The number of hydrogen-bond acceptors (Lipinski definition) is 16. The van der Waals surface area contributed by atoms with Crippen molar-refractivity contribution < 1.29 is 29.0 Å². The molecule has 2 fully saturated rings. The predicted molar refractivity (Wildman–Crippen MR) is 134 cm³/mol. The van der Waals surface area contributed by atoms with Gasteiger partial charge >= 0.3 is 5.16 Å². The molecule has 0 radical (unpaired) electrons. The molecule has 2 aromatic heterocycles. The maximum Gasteiger partial charge on any atom is 0.384 e. The zero-order chi connectivity index (χ0) is 26.9. The van der Waals surface area contributed by atoms with E-state index in [1.54, 1.807) is 6.92 Å². The van der Waals surface area contributed by atoms with Crippen molar-refractivity contribution in [3.8, 4) is 0 Å². The van der Waals surface area contributed by atoms with Crippen LogP contribution >= 0.6 is 35.1 Å². The Labute approximate surface area is 222 Å². The molecule has 0 saturated carbocycles. The lowest BCUT2D eigenvalue weighted by Gasteiger charge is -2.55. The highest BCUT2D eigenvalue weighted by Gasteiger charge is 2.56. The molecule has 9 N–H and O–H groups in total. The van der Waals surface area contributed by atoms with E-state index in [4.69, 9.17) is 27.9 Å². The van der Waals surface area contributed by atoms with E-state index in [2.05, 4.69) is 24.8 Å². The first-order valence-electron chi connectivity index (χ1n) is 10.7. The fraction of sp³-hybridized carbons (Fsp3) is 0.444. The lowest BCUT2D eigenvalue weighted by molar-refractivity contribution is -0.681. The van der Waals surface area contributed by atoms with E-state index in [1.165, 1.54) is 22.9 Å². The minimum absolute atomic E-state index is 0.00545. The molecule has 2 saturated heterocycles. The molecule has 0 spiro atoms. The SMILES string of the molecule is CCON=C(C(=O)NC1C(=O)N2CC(CSc3nc(N)c(N)c[n+]3N)(C(=O)[O-])CS[C@H]12)c1nsc(N)n1. The number of aliphatic carboxylic acids is 1. The van der Waals surface area contributed by atoms with Crippen LogP contribution in [0.15, 0.2) is 16.5 Å². The molecule has 3 atom stereocenters. The largest absolute Gasteiger partial charge is 0.549 e. The smallest absolute Gasteiger partial charge is 0.384 e. The lowest BCUT2D eigenvalue weighted by atomic mass is 9.89. The number of carboxylic acids is 1. The molecule has 19 heteroatoms. The highest BCUT2D eigenvalue weighted by atomic mass is 32.2. The van der Waals surface area contributed by atoms with Crippen LogP contribution in [-0.2, 0) is 19.2 Å². The van der Waals surface area contributed by atoms with E-state index in [1.807, 2.05) is 0 Å². The number of anilines is 3. The third kappa shape index (κ3) is 5.14. The van der Waals surface area contributed by atoms with Crippen molar-refractivity contribution in [2.75, 3.05) is 47.7 Å². The van der Waals surface area contributed by atoms with Crippen molar-refractivity contribution in [2.24, 2.45) is 10.6 Å². The number of carboxylic acid groups (broad SMARTS) is 1. The number of thioether (sulfide) groups is 2. The molecular weight excluding hydrogens is 546 g/mol. The molecule has 2 amide bonds. The summed E-state index contributed by atoms with van der Waals surface area (Å²) in [5, 5.41) is 18.5. The number of rotatable bonds is 9. The first-order valence-corrected chi connectivity index (χ1v) is 13.5. The van der Waals surface area contributed by atoms with E-state index in [9.17, 15) is 19.5 Å². The highest BCUT2D eigenvalue weighted by molar-refractivity contribution is 8.00. The third-order valence-electron chi connectivity index (χ3n) is 5.51. The number of nitrogens with two attached hydrogens (primary N) is 4. The van der Waals surface area contributed by atoms with E-state index in [0.29, 0.717) is 0 Å². The van der Waals surface area contributed by atoms with Crippen LogP contribution in [-0.4, -0.2) is 78.8 Å². The molecule has 37 heavy (non-hydrogen) atoms. The van der Waals surface area contributed by atoms with Gasteiger partial charge in [-0.1, -0.05) is 5.16 Å². The van der Waals surface area contributed by atoms with Crippen LogP contribution in [0.2, 0.25) is 0 Å². The summed E-state index contributed by atoms with van der Waals surface area (Å²) >= 11 is 3.14. The van der Waals surface area contributed by atoms with E-state index >= 15 is 0 Å². The van der Waals surface area contributed by atoms with Crippen molar-refractivity contribution in [2.45, 2.75) is 23.5 Å². The number of nitrogen functional groups attached to an aromatic ring is 4. The summed E-state index contributed by atoms with van der Waals surface area (Å²) in [5.41, 5.74) is 15.6. The second-order valence-corrected chi connectivity index (χ2v) is 10.9. The van der Waals surface area contributed by atoms with Crippen LogP contribution < -0.4 is 38.1 Å². The molecule has 2 aromatic rings. The average molecular weight is 570 g/mol. The number of nitrogens with zero attached hydrogens (tertiary/aromatic N) is 6. The van der Waals surface area contributed by atoms with Gasteiger partial charge in [-0.15, -0.1) is 16.4 Å². The number of amides is 2. The Hall–Kier alpha value is -3.58. The second-order valence-electron chi connectivity index (χ2n) is 8.06. The number of fused-ring (bicyclic) bond motifs is 1. The fourth-order valence-corrected chi connectivity index (χ4v) is 6.74. The Kier molecular flexibility index (Phi) is 7.46. The molecule has 4 heterocycles. The topological polar surface area (TPSA) is 258 Å². The maximum absolute atomic E-state index is 12.9. The lowest BCUT2D eigenvalue weighted by Crippen LogP contribution is -2.75. The van der Waals surface area contributed by atoms with Gasteiger partial charge in [-0.05, 0) is 23.7 Å². The second kappa shape index (κ2) is 10.4. The van der Waals surface area contributed by atoms with Gasteiger partial charge < -0.3 is 42.2 Å². The van der Waals surface area contributed by atoms with Gasteiger partial charge in [-0.25, -0.2) is 0 Å². The van der Waals surface area contributed by atoms with Crippen LogP contribution in [0.4, 0.5) is 16.6 Å². The molecule has 2 aliphatic heterocycles. The maximum atomic E-state index is 12.9. The van der Waals surface area contributed by atoms with E-state index in [-0.39, 0.29) is 58.0 Å². The molecule has 4 rings (SSSR count). The molecule has 2 unspecified atom stereocenters. The van der Waals surface area contributed by atoms with Crippen LogP contribution in [0.1, 0.15) is 12.7 Å². The predicted octanol–water partition coefficient (Wildman–Crippen LogP) is -3.65. The number of aromatic nitrogens is 4. The normalized spacial score (nSPS) is 23.2. The fourth-order valence-electron chi connectivity index (χ4n) is 3.56. The summed E-state index contributed by atoms with van der Waals surface area (Å²) in [6.45, 7) is 1.75. The first kappa shape index (κ1) is 26.5. The number of β-lactam (4-membered cyclic amide) rings is 1. The monoisotopic (exact) mass is 569 g/mol. The first-order chi connectivity index (χ1) is 17.6. The minimum Gasteiger partial charge on any atom is -0.549 e. The Bertz CT molecular complexity index is 1270. The van der Waals surface area contributed by atoms with Gasteiger partial charge in [0.1, 0.15) is 29.9 Å². The summed E-state index contributed by atoms with van der Waals surface area (Å²) in [6, 6.07) is -0.905. The van der Waals surface area contributed by atoms with Gasteiger partial charge in [0, 0.05) is 35.0 Å². The molecule has 2 aliphatic rings. The number of nitrogens with one attached hydrogen (secondary N) is 1. The molecule has 0 aliphatic carbocycles. The van der Waals surface area contributed by atoms with Crippen LogP contribution in [0.25, 0.3) is 0 Å².